The van der Waals surface area contributed by atoms with Gasteiger partial charge < -0.3 is 20.5 Å². The summed E-state index contributed by atoms with van der Waals surface area (Å²) in [5.41, 5.74) is 2.56. The standard InChI is InChI=1S/C24H29ClN6O3/c1-24(2,33)14-3-5-16(6-4-14)30-23(32)19-9-26-20(7-21(19)29-17-12-34-13-17)18-10-28-31-11-15(25)8-27-22(18)31/h7-11,14,16-17,33H,3-6,12-13H2,1-2H3,(H,26,29)(H,30,32). The van der Waals surface area contributed by atoms with Crippen LogP contribution in [0.25, 0.3) is 16.9 Å². The van der Waals surface area contributed by atoms with E-state index in [1.165, 1.54) is 0 Å². The molecule has 2 fully saturated rings. The van der Waals surface area contributed by atoms with Crippen LogP contribution in [-0.4, -0.2) is 61.5 Å². The van der Waals surface area contributed by atoms with Gasteiger partial charge in [0.15, 0.2) is 5.65 Å². The Bertz CT molecular complexity index is 1200. The zero-order valence-electron chi connectivity index (χ0n) is 19.3. The fraction of sp³-hybridized carbons (Fsp3) is 0.500. The molecule has 0 bridgehead atoms. The lowest BCUT2D eigenvalue weighted by Gasteiger charge is -2.36. The number of halogens is 1. The number of hydrogen-bond acceptors (Lipinski definition) is 7. The summed E-state index contributed by atoms with van der Waals surface area (Å²) in [6.45, 7) is 4.91. The number of aromatic nitrogens is 4. The molecule has 0 radical (unpaired) electrons. The minimum atomic E-state index is -0.686. The van der Waals surface area contributed by atoms with Crippen molar-refractivity contribution in [1.29, 1.82) is 0 Å². The van der Waals surface area contributed by atoms with Gasteiger partial charge in [0.25, 0.3) is 5.91 Å². The van der Waals surface area contributed by atoms with E-state index in [0.29, 0.717) is 40.8 Å². The van der Waals surface area contributed by atoms with Crippen molar-refractivity contribution in [3.63, 3.8) is 0 Å². The van der Waals surface area contributed by atoms with Gasteiger partial charge >= 0.3 is 0 Å². The lowest BCUT2D eigenvalue weighted by molar-refractivity contribution is -0.00257. The molecule has 0 atom stereocenters. The number of anilines is 1. The highest BCUT2D eigenvalue weighted by molar-refractivity contribution is 6.30. The van der Waals surface area contributed by atoms with E-state index < -0.39 is 5.60 Å². The number of carbonyl (C=O) groups is 1. The zero-order chi connectivity index (χ0) is 23.9. The molecule has 1 aliphatic heterocycles. The number of fused-ring (bicyclic) bond motifs is 1. The van der Waals surface area contributed by atoms with Gasteiger partial charge in [-0.3, -0.25) is 9.78 Å². The monoisotopic (exact) mass is 484 g/mol. The Hall–Kier alpha value is -2.75. The van der Waals surface area contributed by atoms with Crippen molar-refractivity contribution in [1.82, 2.24) is 24.9 Å². The van der Waals surface area contributed by atoms with Crippen LogP contribution >= 0.6 is 11.6 Å². The number of hydrogen-bond donors (Lipinski definition) is 3. The van der Waals surface area contributed by atoms with Crippen LogP contribution in [0.3, 0.4) is 0 Å². The molecule has 3 aromatic heterocycles. The number of ether oxygens (including phenoxy) is 1. The van der Waals surface area contributed by atoms with Gasteiger partial charge in [0.05, 0.1) is 64.8 Å². The molecule has 34 heavy (non-hydrogen) atoms. The summed E-state index contributed by atoms with van der Waals surface area (Å²) >= 11 is 6.03. The molecule has 1 amide bonds. The van der Waals surface area contributed by atoms with Crippen LogP contribution in [0.5, 0.6) is 0 Å². The van der Waals surface area contributed by atoms with Crippen LogP contribution in [0.4, 0.5) is 5.69 Å². The van der Waals surface area contributed by atoms with Crippen molar-refractivity contribution in [2.75, 3.05) is 18.5 Å². The van der Waals surface area contributed by atoms with Crippen LogP contribution in [0.1, 0.15) is 49.9 Å². The number of pyridine rings is 1. The molecule has 0 aromatic carbocycles. The number of nitrogens with zero attached hydrogens (tertiary/aromatic N) is 4. The molecule has 1 saturated carbocycles. The molecule has 2 aliphatic rings. The third kappa shape index (κ3) is 4.73. The Labute approximate surface area is 202 Å². The summed E-state index contributed by atoms with van der Waals surface area (Å²) in [6.07, 6.45) is 10.0. The van der Waals surface area contributed by atoms with Gasteiger partial charge in [-0.2, -0.15) is 5.10 Å². The minimum Gasteiger partial charge on any atom is -0.390 e. The predicted molar refractivity (Wildman–Crippen MR) is 129 cm³/mol. The maximum Gasteiger partial charge on any atom is 0.255 e. The van der Waals surface area contributed by atoms with Crippen molar-refractivity contribution in [3.8, 4) is 11.3 Å². The summed E-state index contributed by atoms with van der Waals surface area (Å²) in [5.74, 6) is 0.102. The molecule has 3 aromatic rings. The molecular weight excluding hydrogens is 456 g/mol. The van der Waals surface area contributed by atoms with Crippen LogP contribution in [0.15, 0.2) is 30.9 Å². The highest BCUT2D eigenvalue weighted by atomic mass is 35.5. The number of rotatable bonds is 6. The Morgan fingerprint density at radius 3 is 2.59 bits per heavy atom. The second kappa shape index (κ2) is 9.13. The average molecular weight is 485 g/mol. The SMILES string of the molecule is CC(C)(O)C1CCC(NC(=O)c2cnc(-c3cnn4cc(Cl)cnc34)cc2NC2COC2)CC1. The van der Waals surface area contributed by atoms with Gasteiger partial charge in [0, 0.05) is 18.4 Å². The molecule has 10 heteroatoms. The minimum absolute atomic E-state index is 0.0826. The largest absolute Gasteiger partial charge is 0.390 e. The summed E-state index contributed by atoms with van der Waals surface area (Å²) < 4.78 is 6.91. The summed E-state index contributed by atoms with van der Waals surface area (Å²) in [7, 11) is 0. The molecular formula is C24H29ClN6O3. The zero-order valence-corrected chi connectivity index (χ0v) is 20.0. The molecule has 3 N–H and O–H groups in total. The van der Waals surface area contributed by atoms with E-state index in [-0.39, 0.29) is 23.9 Å². The molecule has 180 valence electrons. The maximum absolute atomic E-state index is 13.2. The fourth-order valence-corrected chi connectivity index (χ4v) is 4.82. The smallest absolute Gasteiger partial charge is 0.255 e. The topological polar surface area (TPSA) is 114 Å². The van der Waals surface area contributed by atoms with Gasteiger partial charge in [-0.05, 0) is 51.5 Å². The van der Waals surface area contributed by atoms with Crippen LogP contribution in [0.2, 0.25) is 5.02 Å². The highest BCUT2D eigenvalue weighted by Crippen LogP contribution is 2.33. The lowest BCUT2D eigenvalue weighted by Crippen LogP contribution is -2.43. The molecule has 9 nitrogen and oxygen atoms in total. The van der Waals surface area contributed by atoms with Gasteiger partial charge in [0.2, 0.25) is 0 Å². The van der Waals surface area contributed by atoms with E-state index in [1.807, 2.05) is 19.9 Å². The first-order valence-electron chi connectivity index (χ1n) is 11.6. The molecule has 5 rings (SSSR count). The Balaban J connectivity index is 1.38. The van der Waals surface area contributed by atoms with Gasteiger partial charge in [0.1, 0.15) is 0 Å². The summed E-state index contributed by atoms with van der Waals surface area (Å²) in [5, 5.41) is 21.7. The second-order valence-corrected chi connectivity index (χ2v) is 10.2. The number of nitrogens with one attached hydrogen (secondary N) is 2. The van der Waals surface area contributed by atoms with Crippen LogP contribution in [-0.2, 0) is 4.74 Å². The van der Waals surface area contributed by atoms with Crippen molar-refractivity contribution in [2.45, 2.75) is 57.2 Å². The third-order valence-corrected chi connectivity index (χ3v) is 7.00. The highest BCUT2D eigenvalue weighted by Gasteiger charge is 2.32. The molecule has 1 saturated heterocycles. The van der Waals surface area contributed by atoms with Crippen molar-refractivity contribution >= 4 is 28.8 Å². The first-order valence-corrected chi connectivity index (χ1v) is 12.0. The normalized spacial score (nSPS) is 21.3. The molecule has 0 spiro atoms. The maximum atomic E-state index is 13.2. The van der Waals surface area contributed by atoms with Gasteiger partial charge in [-0.25, -0.2) is 9.50 Å². The second-order valence-electron chi connectivity index (χ2n) is 9.77. The van der Waals surface area contributed by atoms with E-state index in [2.05, 4.69) is 25.7 Å². The average Bonchev–Trinajstić information content (AvgIpc) is 3.19. The summed E-state index contributed by atoms with van der Waals surface area (Å²) in [6, 6.07) is 2.09. The molecule has 1 aliphatic carbocycles. The number of carbonyl (C=O) groups excluding carboxylic acids is 1. The van der Waals surface area contributed by atoms with E-state index in [0.717, 1.165) is 31.2 Å². The van der Waals surface area contributed by atoms with Crippen molar-refractivity contribution in [3.05, 3.63) is 41.4 Å². The lowest BCUT2D eigenvalue weighted by atomic mass is 9.77. The number of aliphatic hydroxyl groups is 1. The van der Waals surface area contributed by atoms with Crippen LogP contribution < -0.4 is 10.6 Å². The van der Waals surface area contributed by atoms with Crippen molar-refractivity contribution < 1.29 is 14.6 Å². The third-order valence-electron chi connectivity index (χ3n) is 6.81. The fourth-order valence-electron chi connectivity index (χ4n) is 4.68. The van der Waals surface area contributed by atoms with Gasteiger partial charge in [-0.15, -0.1) is 0 Å². The number of amides is 1. The Kier molecular flexibility index (Phi) is 6.18. The van der Waals surface area contributed by atoms with Crippen molar-refractivity contribution in [2.24, 2.45) is 5.92 Å². The Morgan fingerprint density at radius 2 is 1.91 bits per heavy atom. The van der Waals surface area contributed by atoms with Gasteiger partial charge in [-0.1, -0.05) is 11.6 Å². The predicted octanol–water partition coefficient (Wildman–Crippen LogP) is 3.31. The van der Waals surface area contributed by atoms with E-state index >= 15 is 0 Å². The quantitative estimate of drug-likeness (QED) is 0.491. The van der Waals surface area contributed by atoms with E-state index in [1.54, 1.807) is 29.3 Å². The van der Waals surface area contributed by atoms with E-state index in [9.17, 15) is 9.90 Å². The first kappa shape index (κ1) is 23.0. The molecule has 4 heterocycles. The van der Waals surface area contributed by atoms with E-state index in [4.69, 9.17) is 16.3 Å². The Morgan fingerprint density at radius 1 is 1.15 bits per heavy atom. The first-order chi connectivity index (χ1) is 16.3. The van der Waals surface area contributed by atoms with Crippen LogP contribution in [0, 0.1) is 5.92 Å². The molecule has 0 unspecified atom stereocenters. The summed E-state index contributed by atoms with van der Waals surface area (Å²) in [4.78, 5) is 22.2.